The van der Waals surface area contributed by atoms with Crippen LogP contribution in [0.25, 0.3) is 5.65 Å². The molecule has 0 spiro atoms. The lowest BCUT2D eigenvalue weighted by Gasteiger charge is -2.27. The predicted molar refractivity (Wildman–Crippen MR) is 71.6 cm³/mol. The third-order valence-corrected chi connectivity index (χ3v) is 3.89. The molecular weight excluding hydrogens is 224 g/mol. The summed E-state index contributed by atoms with van der Waals surface area (Å²) in [5, 5.41) is 8.56. The van der Waals surface area contributed by atoms with Gasteiger partial charge >= 0.3 is 0 Å². The first kappa shape index (κ1) is 11.7. The molecule has 1 fully saturated rings. The van der Waals surface area contributed by atoms with Gasteiger partial charge in [-0.05, 0) is 45.4 Å². The molecule has 18 heavy (non-hydrogen) atoms. The van der Waals surface area contributed by atoms with E-state index in [9.17, 15) is 0 Å². The van der Waals surface area contributed by atoms with Crippen molar-refractivity contribution in [3.63, 3.8) is 0 Å². The van der Waals surface area contributed by atoms with Gasteiger partial charge in [-0.15, -0.1) is 10.2 Å². The summed E-state index contributed by atoms with van der Waals surface area (Å²) >= 11 is 0. The molecule has 96 valence electrons. The molecule has 1 aliphatic rings. The maximum Gasteiger partial charge on any atom is 0.160 e. The minimum Gasteiger partial charge on any atom is -0.298 e. The molecule has 4 heteroatoms. The first-order valence-corrected chi connectivity index (χ1v) is 6.80. The summed E-state index contributed by atoms with van der Waals surface area (Å²) in [4.78, 5) is 2.59. The van der Waals surface area contributed by atoms with Crippen molar-refractivity contribution < 1.29 is 0 Å². The highest BCUT2D eigenvalue weighted by Gasteiger charge is 2.27. The number of fused-ring (bicyclic) bond motifs is 1. The van der Waals surface area contributed by atoms with Gasteiger partial charge in [0.15, 0.2) is 5.65 Å². The van der Waals surface area contributed by atoms with Crippen molar-refractivity contribution in [2.24, 2.45) is 0 Å². The van der Waals surface area contributed by atoms with Crippen molar-refractivity contribution >= 4 is 5.65 Å². The second-order valence-corrected chi connectivity index (χ2v) is 5.38. The van der Waals surface area contributed by atoms with Crippen LogP contribution < -0.4 is 0 Å². The zero-order valence-corrected chi connectivity index (χ0v) is 11.1. The average molecular weight is 244 g/mol. The molecule has 0 saturated carbocycles. The summed E-state index contributed by atoms with van der Waals surface area (Å²) < 4.78 is 2.11. The molecule has 1 aliphatic heterocycles. The largest absolute Gasteiger partial charge is 0.298 e. The van der Waals surface area contributed by atoms with Gasteiger partial charge in [-0.3, -0.25) is 9.30 Å². The summed E-state index contributed by atoms with van der Waals surface area (Å²) in [6, 6.07) is 7.29. The van der Waals surface area contributed by atoms with E-state index in [4.69, 9.17) is 0 Å². The molecule has 1 saturated heterocycles. The van der Waals surface area contributed by atoms with Gasteiger partial charge in [0.05, 0.1) is 0 Å². The molecule has 4 nitrogen and oxygen atoms in total. The summed E-state index contributed by atoms with van der Waals surface area (Å²) in [7, 11) is 0. The first-order valence-electron chi connectivity index (χ1n) is 6.80. The smallest absolute Gasteiger partial charge is 0.160 e. The number of rotatable bonds is 3. The summed E-state index contributed by atoms with van der Waals surface area (Å²) in [5.74, 6) is 1.09. The van der Waals surface area contributed by atoms with E-state index in [2.05, 4.69) is 39.5 Å². The number of nitrogens with zero attached hydrogens (tertiary/aromatic N) is 4. The highest BCUT2D eigenvalue weighted by molar-refractivity contribution is 5.37. The lowest BCUT2D eigenvalue weighted by molar-refractivity contribution is 0.200. The Morgan fingerprint density at radius 3 is 3.06 bits per heavy atom. The minimum absolute atomic E-state index is 0.622. The van der Waals surface area contributed by atoms with Crippen molar-refractivity contribution in [2.45, 2.75) is 45.2 Å². The highest BCUT2D eigenvalue weighted by atomic mass is 15.3. The molecule has 0 amide bonds. The van der Waals surface area contributed by atoms with Crippen molar-refractivity contribution in [3.8, 4) is 0 Å². The van der Waals surface area contributed by atoms with E-state index in [-0.39, 0.29) is 0 Å². The van der Waals surface area contributed by atoms with Crippen LogP contribution in [0.1, 0.15) is 32.5 Å². The topological polar surface area (TPSA) is 33.4 Å². The van der Waals surface area contributed by atoms with Gasteiger partial charge in [0.1, 0.15) is 5.82 Å². The van der Waals surface area contributed by atoms with Crippen LogP contribution >= 0.6 is 0 Å². The Hall–Kier alpha value is -1.42. The van der Waals surface area contributed by atoms with E-state index in [0.717, 1.165) is 17.9 Å². The molecule has 3 heterocycles. The Labute approximate surface area is 108 Å². The van der Waals surface area contributed by atoms with Crippen LogP contribution in [0.2, 0.25) is 0 Å². The standard InChI is InChI=1S/C14H20N4/c1-11(2)17-9-5-6-12(17)10-14-16-15-13-7-3-4-8-18(13)14/h3-4,7-8,11-12H,5-6,9-10H2,1-2H3. The first-order chi connectivity index (χ1) is 8.75. The molecule has 2 aromatic rings. The molecule has 3 rings (SSSR count). The molecule has 0 N–H and O–H groups in total. The summed E-state index contributed by atoms with van der Waals surface area (Å²) in [5.41, 5.74) is 0.946. The number of hydrogen-bond acceptors (Lipinski definition) is 3. The second-order valence-electron chi connectivity index (χ2n) is 5.38. The van der Waals surface area contributed by atoms with Gasteiger partial charge in [-0.1, -0.05) is 6.07 Å². The van der Waals surface area contributed by atoms with Crippen molar-refractivity contribution in [2.75, 3.05) is 6.54 Å². The van der Waals surface area contributed by atoms with Crippen LogP contribution in [-0.2, 0) is 6.42 Å². The fourth-order valence-electron chi connectivity index (χ4n) is 3.00. The van der Waals surface area contributed by atoms with Crippen molar-refractivity contribution in [1.82, 2.24) is 19.5 Å². The molecule has 0 radical (unpaired) electrons. The molecule has 1 atom stereocenters. The van der Waals surface area contributed by atoms with Crippen LogP contribution in [0, 0.1) is 0 Å². The van der Waals surface area contributed by atoms with E-state index in [1.807, 2.05) is 18.2 Å². The normalized spacial score (nSPS) is 21.2. The van der Waals surface area contributed by atoms with Gasteiger partial charge in [0.2, 0.25) is 0 Å². The zero-order chi connectivity index (χ0) is 12.5. The average Bonchev–Trinajstić information content (AvgIpc) is 2.97. The van der Waals surface area contributed by atoms with Crippen LogP contribution in [0.4, 0.5) is 0 Å². The van der Waals surface area contributed by atoms with Crippen molar-refractivity contribution in [1.29, 1.82) is 0 Å². The fraction of sp³-hybridized carbons (Fsp3) is 0.571. The quantitative estimate of drug-likeness (QED) is 0.829. The van der Waals surface area contributed by atoms with E-state index >= 15 is 0 Å². The minimum atomic E-state index is 0.622. The number of hydrogen-bond donors (Lipinski definition) is 0. The van der Waals surface area contributed by atoms with Gasteiger partial charge in [0, 0.05) is 24.7 Å². The summed E-state index contributed by atoms with van der Waals surface area (Å²) in [6.07, 6.45) is 5.64. The second kappa shape index (κ2) is 4.69. The van der Waals surface area contributed by atoms with Gasteiger partial charge < -0.3 is 0 Å². The van der Waals surface area contributed by atoms with Crippen LogP contribution in [0.5, 0.6) is 0 Å². The number of pyridine rings is 1. The maximum atomic E-state index is 4.34. The summed E-state index contributed by atoms with van der Waals surface area (Å²) in [6.45, 7) is 5.78. The van der Waals surface area contributed by atoms with Crippen LogP contribution in [-0.4, -0.2) is 38.1 Å². The molecule has 0 aliphatic carbocycles. The third-order valence-electron chi connectivity index (χ3n) is 3.89. The Balaban J connectivity index is 1.84. The van der Waals surface area contributed by atoms with E-state index < -0.39 is 0 Å². The molecule has 1 unspecified atom stereocenters. The van der Waals surface area contributed by atoms with Gasteiger partial charge in [0.25, 0.3) is 0 Å². The number of aromatic nitrogens is 3. The SMILES string of the molecule is CC(C)N1CCCC1Cc1nnc2ccccn12. The van der Waals surface area contributed by atoms with E-state index in [1.54, 1.807) is 0 Å². The van der Waals surface area contributed by atoms with Gasteiger partial charge in [-0.25, -0.2) is 0 Å². The Kier molecular flexibility index (Phi) is 3.04. The van der Waals surface area contributed by atoms with Crippen LogP contribution in [0.15, 0.2) is 24.4 Å². The number of likely N-dealkylation sites (tertiary alicyclic amines) is 1. The Morgan fingerprint density at radius 2 is 2.22 bits per heavy atom. The Morgan fingerprint density at radius 1 is 1.33 bits per heavy atom. The Bertz CT molecular complexity index is 531. The highest BCUT2D eigenvalue weighted by Crippen LogP contribution is 2.22. The monoisotopic (exact) mass is 244 g/mol. The predicted octanol–water partition coefficient (Wildman–Crippen LogP) is 2.14. The third kappa shape index (κ3) is 2.01. The molecular formula is C14H20N4. The van der Waals surface area contributed by atoms with Crippen LogP contribution in [0.3, 0.4) is 0 Å². The molecule has 0 bridgehead atoms. The maximum absolute atomic E-state index is 4.34. The molecule has 2 aromatic heterocycles. The zero-order valence-electron chi connectivity index (χ0n) is 11.1. The fourth-order valence-corrected chi connectivity index (χ4v) is 3.00. The molecule has 0 aromatic carbocycles. The lowest BCUT2D eigenvalue weighted by atomic mass is 10.1. The van der Waals surface area contributed by atoms with Crippen molar-refractivity contribution in [3.05, 3.63) is 30.2 Å². The lowest BCUT2D eigenvalue weighted by Crippen LogP contribution is -2.37. The van der Waals surface area contributed by atoms with Gasteiger partial charge in [-0.2, -0.15) is 0 Å². The van der Waals surface area contributed by atoms with E-state index in [1.165, 1.54) is 19.4 Å². The van der Waals surface area contributed by atoms with E-state index in [0.29, 0.717) is 12.1 Å².